The van der Waals surface area contributed by atoms with E-state index in [1.54, 1.807) is 13.0 Å². The van der Waals surface area contributed by atoms with Gasteiger partial charge in [0, 0.05) is 29.3 Å². The van der Waals surface area contributed by atoms with Crippen molar-refractivity contribution in [3.8, 4) is 5.75 Å². The van der Waals surface area contributed by atoms with Crippen LogP contribution in [0.5, 0.6) is 5.75 Å². The minimum Gasteiger partial charge on any atom is -0.489 e. The lowest BCUT2D eigenvalue weighted by atomic mass is 10.1. The zero-order valence-electron chi connectivity index (χ0n) is 15.4. The van der Waals surface area contributed by atoms with Gasteiger partial charge in [0.2, 0.25) is 0 Å². The van der Waals surface area contributed by atoms with Crippen molar-refractivity contribution in [2.45, 2.75) is 20.1 Å². The van der Waals surface area contributed by atoms with Crippen molar-refractivity contribution < 1.29 is 14.5 Å². The van der Waals surface area contributed by atoms with Gasteiger partial charge >= 0.3 is 0 Å². The molecule has 3 aromatic carbocycles. The predicted octanol–water partition coefficient (Wildman–Crippen LogP) is 4.41. The second-order valence-corrected chi connectivity index (χ2v) is 6.27. The number of hydrogen-bond acceptors (Lipinski definition) is 4. The molecule has 0 saturated carbocycles. The molecule has 0 aliphatic carbocycles. The van der Waals surface area contributed by atoms with E-state index in [0.29, 0.717) is 17.9 Å². The number of nitro groups is 1. The van der Waals surface area contributed by atoms with Gasteiger partial charge in [-0.05, 0) is 24.6 Å². The molecule has 3 rings (SSSR count). The van der Waals surface area contributed by atoms with Gasteiger partial charge in [-0.25, -0.2) is 0 Å². The predicted molar refractivity (Wildman–Crippen MR) is 106 cm³/mol. The molecule has 0 bridgehead atoms. The Morgan fingerprint density at radius 3 is 2.46 bits per heavy atom. The highest BCUT2D eigenvalue weighted by molar-refractivity contribution is 5.96. The largest absolute Gasteiger partial charge is 0.489 e. The molecule has 0 spiro atoms. The fourth-order valence-corrected chi connectivity index (χ4v) is 2.86. The first kappa shape index (κ1) is 19.1. The van der Waals surface area contributed by atoms with E-state index < -0.39 is 4.92 Å². The minimum absolute atomic E-state index is 0.0701. The Morgan fingerprint density at radius 2 is 1.71 bits per heavy atom. The fraction of sp³-hybridized carbons (Fsp3) is 0.136. The summed E-state index contributed by atoms with van der Waals surface area (Å²) in [4.78, 5) is 23.1. The molecule has 0 aromatic heterocycles. The third kappa shape index (κ3) is 4.54. The topological polar surface area (TPSA) is 81.5 Å². The Bertz CT molecular complexity index is 987. The maximum Gasteiger partial charge on any atom is 0.273 e. The van der Waals surface area contributed by atoms with Crippen LogP contribution in [0.2, 0.25) is 0 Å². The van der Waals surface area contributed by atoms with Gasteiger partial charge in [0.05, 0.1) is 4.92 Å². The van der Waals surface area contributed by atoms with E-state index in [1.807, 2.05) is 54.6 Å². The minimum atomic E-state index is -0.487. The van der Waals surface area contributed by atoms with Crippen LogP contribution in [0, 0.1) is 17.0 Å². The van der Waals surface area contributed by atoms with E-state index in [9.17, 15) is 14.9 Å². The van der Waals surface area contributed by atoms with Crippen molar-refractivity contribution in [3.63, 3.8) is 0 Å². The molecule has 0 heterocycles. The molecule has 28 heavy (non-hydrogen) atoms. The molecular formula is C22H20N2O4. The number of rotatable bonds is 7. The number of hydrogen-bond donors (Lipinski definition) is 1. The van der Waals surface area contributed by atoms with Crippen LogP contribution in [0.1, 0.15) is 27.0 Å². The number of nitro benzene ring substituents is 1. The average molecular weight is 376 g/mol. The van der Waals surface area contributed by atoms with Gasteiger partial charge < -0.3 is 10.1 Å². The molecule has 1 N–H and O–H groups in total. The first-order valence-corrected chi connectivity index (χ1v) is 8.83. The van der Waals surface area contributed by atoms with E-state index in [1.165, 1.54) is 12.1 Å². The van der Waals surface area contributed by atoms with E-state index >= 15 is 0 Å². The van der Waals surface area contributed by atoms with Crippen molar-refractivity contribution in [2.75, 3.05) is 0 Å². The Hall–Kier alpha value is -3.67. The highest BCUT2D eigenvalue weighted by atomic mass is 16.6. The lowest BCUT2D eigenvalue weighted by Crippen LogP contribution is -2.24. The van der Waals surface area contributed by atoms with E-state index in [4.69, 9.17) is 4.74 Å². The highest BCUT2D eigenvalue weighted by Crippen LogP contribution is 2.22. The van der Waals surface area contributed by atoms with Gasteiger partial charge in [-0.2, -0.15) is 0 Å². The van der Waals surface area contributed by atoms with Crippen molar-refractivity contribution >= 4 is 11.6 Å². The van der Waals surface area contributed by atoms with Crippen LogP contribution in [0.3, 0.4) is 0 Å². The number of para-hydroxylation sites is 1. The second-order valence-electron chi connectivity index (χ2n) is 6.27. The summed E-state index contributed by atoms with van der Waals surface area (Å²) >= 11 is 0. The SMILES string of the molecule is Cc1c(C(=O)NCc2ccccc2OCc2ccccc2)cccc1[N+](=O)[O-]. The van der Waals surface area contributed by atoms with Crippen LogP contribution >= 0.6 is 0 Å². The summed E-state index contributed by atoms with van der Waals surface area (Å²) in [5, 5.41) is 13.9. The monoisotopic (exact) mass is 376 g/mol. The number of carbonyl (C=O) groups excluding carboxylic acids is 1. The van der Waals surface area contributed by atoms with Gasteiger partial charge in [0.15, 0.2) is 0 Å². The molecule has 0 unspecified atom stereocenters. The number of benzene rings is 3. The number of amides is 1. The number of nitrogens with zero attached hydrogens (tertiary/aromatic N) is 1. The van der Waals surface area contributed by atoms with E-state index in [-0.39, 0.29) is 23.7 Å². The van der Waals surface area contributed by atoms with Crippen LogP contribution in [-0.2, 0) is 13.2 Å². The Labute approximate surface area is 162 Å². The lowest BCUT2D eigenvalue weighted by molar-refractivity contribution is -0.385. The molecule has 3 aromatic rings. The first-order valence-electron chi connectivity index (χ1n) is 8.83. The van der Waals surface area contributed by atoms with Crippen LogP contribution in [0.25, 0.3) is 0 Å². The molecule has 0 fully saturated rings. The molecule has 0 atom stereocenters. The van der Waals surface area contributed by atoms with Gasteiger partial charge in [-0.15, -0.1) is 0 Å². The molecule has 1 amide bonds. The number of nitrogens with one attached hydrogen (secondary N) is 1. The van der Waals surface area contributed by atoms with Crippen LogP contribution in [0.4, 0.5) is 5.69 Å². The molecule has 0 aliphatic rings. The van der Waals surface area contributed by atoms with Gasteiger partial charge in [-0.1, -0.05) is 54.6 Å². The standard InChI is InChI=1S/C22H20N2O4/c1-16-19(11-7-12-20(16)24(26)27)22(25)23-14-18-10-5-6-13-21(18)28-15-17-8-3-2-4-9-17/h2-13H,14-15H2,1H3,(H,23,25). The first-order chi connectivity index (χ1) is 13.6. The van der Waals surface area contributed by atoms with Crippen LogP contribution in [-0.4, -0.2) is 10.8 Å². The zero-order valence-corrected chi connectivity index (χ0v) is 15.4. The Morgan fingerprint density at radius 1 is 1.00 bits per heavy atom. The molecule has 0 saturated heterocycles. The lowest BCUT2D eigenvalue weighted by Gasteiger charge is -2.13. The second kappa shape index (κ2) is 8.81. The summed E-state index contributed by atoms with van der Waals surface area (Å²) in [6.45, 7) is 2.26. The summed E-state index contributed by atoms with van der Waals surface area (Å²) in [6, 6.07) is 21.8. The van der Waals surface area contributed by atoms with Crippen molar-refractivity contribution in [3.05, 3.63) is 105 Å². The normalized spacial score (nSPS) is 10.3. The molecule has 142 valence electrons. The number of carbonyl (C=O) groups is 1. The summed E-state index contributed by atoms with van der Waals surface area (Å²) in [7, 11) is 0. The molecule has 0 aliphatic heterocycles. The molecular weight excluding hydrogens is 356 g/mol. The van der Waals surface area contributed by atoms with E-state index in [0.717, 1.165) is 11.1 Å². The third-order valence-electron chi connectivity index (χ3n) is 4.40. The van der Waals surface area contributed by atoms with Gasteiger partial charge in [-0.3, -0.25) is 14.9 Å². The Balaban J connectivity index is 1.69. The average Bonchev–Trinajstić information content (AvgIpc) is 2.71. The summed E-state index contributed by atoms with van der Waals surface area (Å²) in [6.07, 6.45) is 0. The molecule has 6 nitrogen and oxygen atoms in total. The van der Waals surface area contributed by atoms with Gasteiger partial charge in [0.1, 0.15) is 12.4 Å². The van der Waals surface area contributed by atoms with Crippen molar-refractivity contribution in [2.24, 2.45) is 0 Å². The van der Waals surface area contributed by atoms with Crippen molar-refractivity contribution in [1.29, 1.82) is 0 Å². The highest BCUT2D eigenvalue weighted by Gasteiger charge is 2.18. The summed E-state index contributed by atoms with van der Waals surface area (Å²) < 4.78 is 5.89. The third-order valence-corrected chi connectivity index (χ3v) is 4.40. The smallest absolute Gasteiger partial charge is 0.273 e. The summed E-state index contributed by atoms with van der Waals surface area (Å²) in [5.74, 6) is 0.321. The molecule has 6 heteroatoms. The number of ether oxygens (including phenoxy) is 1. The fourth-order valence-electron chi connectivity index (χ4n) is 2.86. The zero-order chi connectivity index (χ0) is 19.9. The van der Waals surface area contributed by atoms with Crippen LogP contribution in [0.15, 0.2) is 72.8 Å². The van der Waals surface area contributed by atoms with Crippen molar-refractivity contribution in [1.82, 2.24) is 5.32 Å². The molecule has 0 radical (unpaired) electrons. The van der Waals surface area contributed by atoms with Gasteiger partial charge in [0.25, 0.3) is 11.6 Å². The Kier molecular flexibility index (Phi) is 6.01. The summed E-state index contributed by atoms with van der Waals surface area (Å²) in [5.41, 5.74) is 2.44. The maximum atomic E-state index is 12.5. The van der Waals surface area contributed by atoms with Crippen LogP contribution < -0.4 is 10.1 Å². The van der Waals surface area contributed by atoms with E-state index in [2.05, 4.69) is 5.32 Å². The quantitative estimate of drug-likeness (QED) is 0.489. The maximum absolute atomic E-state index is 12.5.